The van der Waals surface area contributed by atoms with E-state index in [0.29, 0.717) is 6.04 Å². The minimum absolute atomic E-state index is 0.228. The van der Waals surface area contributed by atoms with Crippen LogP contribution in [0.1, 0.15) is 44.3 Å². The van der Waals surface area contributed by atoms with Crippen LogP contribution in [0.25, 0.3) is 0 Å². The number of aryl methyl sites for hydroxylation is 1. The fourth-order valence-electron chi connectivity index (χ4n) is 4.33. The van der Waals surface area contributed by atoms with Crippen molar-refractivity contribution in [1.29, 1.82) is 0 Å². The van der Waals surface area contributed by atoms with Crippen molar-refractivity contribution in [3.05, 3.63) is 18.0 Å². The lowest BCUT2D eigenvalue weighted by Crippen LogP contribution is -2.58. The fraction of sp³-hybridized carbons (Fsp3) is 0.812. The molecule has 1 unspecified atom stereocenters. The van der Waals surface area contributed by atoms with Crippen LogP contribution in [-0.2, 0) is 11.3 Å². The second-order valence-corrected chi connectivity index (χ2v) is 6.20. The third-order valence-electron chi connectivity index (χ3n) is 5.28. The molecule has 1 N–H and O–H groups in total. The number of nitrogens with zero attached hydrogens (tertiary/aromatic N) is 3. The highest BCUT2D eigenvalue weighted by Gasteiger charge is 2.47. The summed E-state index contributed by atoms with van der Waals surface area (Å²) >= 11 is 0. The highest BCUT2D eigenvalue weighted by molar-refractivity contribution is 5.17. The summed E-state index contributed by atoms with van der Waals surface area (Å²) in [6, 6.07) is 2.53. The molecular formula is C16H28N4O. The van der Waals surface area contributed by atoms with Gasteiger partial charge < -0.3 is 10.1 Å². The van der Waals surface area contributed by atoms with E-state index in [-0.39, 0.29) is 5.54 Å². The molecule has 0 amide bonds. The Morgan fingerprint density at radius 3 is 2.67 bits per heavy atom. The van der Waals surface area contributed by atoms with Crippen molar-refractivity contribution in [2.75, 3.05) is 33.4 Å². The summed E-state index contributed by atoms with van der Waals surface area (Å²) < 4.78 is 7.71. The summed E-state index contributed by atoms with van der Waals surface area (Å²) in [4.78, 5) is 2.68. The van der Waals surface area contributed by atoms with Crippen molar-refractivity contribution in [3.63, 3.8) is 0 Å². The molecule has 5 nitrogen and oxygen atoms in total. The maximum atomic E-state index is 5.57. The first-order valence-corrected chi connectivity index (χ1v) is 8.33. The summed E-state index contributed by atoms with van der Waals surface area (Å²) in [5.41, 5.74) is 1.55. The highest BCUT2D eigenvalue weighted by atomic mass is 16.5. The van der Waals surface area contributed by atoms with Gasteiger partial charge in [-0.25, -0.2) is 0 Å². The van der Waals surface area contributed by atoms with Gasteiger partial charge in [0.25, 0.3) is 0 Å². The molecule has 21 heavy (non-hydrogen) atoms. The van der Waals surface area contributed by atoms with E-state index in [2.05, 4.69) is 40.0 Å². The zero-order valence-corrected chi connectivity index (χ0v) is 13.3. The third kappa shape index (κ3) is 2.62. The van der Waals surface area contributed by atoms with Gasteiger partial charge in [0, 0.05) is 31.4 Å². The Morgan fingerprint density at radius 1 is 1.33 bits per heavy atom. The number of likely N-dealkylation sites (N-methyl/N-ethyl adjacent to an activating group) is 1. The molecule has 1 atom stereocenters. The minimum Gasteiger partial charge on any atom is -0.379 e. The smallest absolute Gasteiger partial charge is 0.0676 e. The number of morpholine rings is 1. The van der Waals surface area contributed by atoms with Gasteiger partial charge in [-0.05, 0) is 32.9 Å². The number of ether oxygens (including phenoxy) is 1. The van der Waals surface area contributed by atoms with Crippen LogP contribution in [0.3, 0.4) is 0 Å². The molecule has 1 aromatic heterocycles. The van der Waals surface area contributed by atoms with Crippen LogP contribution in [0.2, 0.25) is 0 Å². The van der Waals surface area contributed by atoms with E-state index in [0.717, 1.165) is 32.8 Å². The first-order chi connectivity index (χ1) is 10.3. The molecule has 0 bridgehead atoms. The molecule has 0 aromatic carbocycles. The van der Waals surface area contributed by atoms with Gasteiger partial charge >= 0.3 is 0 Å². The predicted octanol–water partition coefficient (Wildman–Crippen LogP) is 1.81. The summed E-state index contributed by atoms with van der Waals surface area (Å²) in [5, 5.41) is 8.10. The van der Waals surface area contributed by atoms with Crippen molar-refractivity contribution in [3.8, 4) is 0 Å². The lowest BCUT2D eigenvalue weighted by molar-refractivity contribution is -0.0365. The van der Waals surface area contributed by atoms with Crippen molar-refractivity contribution in [2.45, 2.75) is 50.7 Å². The van der Waals surface area contributed by atoms with Crippen molar-refractivity contribution in [1.82, 2.24) is 20.0 Å². The quantitative estimate of drug-likeness (QED) is 0.899. The van der Waals surface area contributed by atoms with Gasteiger partial charge in [0.15, 0.2) is 0 Å². The van der Waals surface area contributed by atoms with Crippen LogP contribution in [-0.4, -0.2) is 53.6 Å². The number of nitrogens with one attached hydrogen (secondary N) is 1. The van der Waals surface area contributed by atoms with E-state index in [4.69, 9.17) is 4.74 Å². The molecule has 2 aliphatic rings. The molecule has 0 radical (unpaired) electrons. The van der Waals surface area contributed by atoms with Crippen LogP contribution in [0.4, 0.5) is 0 Å². The molecule has 5 heteroatoms. The molecule has 1 saturated carbocycles. The van der Waals surface area contributed by atoms with Crippen LogP contribution in [0.5, 0.6) is 0 Å². The van der Waals surface area contributed by atoms with E-state index < -0.39 is 0 Å². The van der Waals surface area contributed by atoms with Crippen molar-refractivity contribution in [2.24, 2.45) is 0 Å². The third-order valence-corrected chi connectivity index (χ3v) is 5.28. The van der Waals surface area contributed by atoms with Gasteiger partial charge in [0.2, 0.25) is 0 Å². The van der Waals surface area contributed by atoms with E-state index in [1.165, 1.54) is 31.4 Å². The topological polar surface area (TPSA) is 42.3 Å². The van der Waals surface area contributed by atoms with Crippen molar-refractivity contribution < 1.29 is 4.74 Å². The lowest BCUT2D eigenvalue weighted by atomic mass is 9.83. The van der Waals surface area contributed by atoms with Crippen LogP contribution in [0, 0.1) is 0 Å². The first-order valence-electron chi connectivity index (χ1n) is 8.33. The molecule has 1 saturated heterocycles. The zero-order valence-electron chi connectivity index (χ0n) is 13.3. The summed E-state index contributed by atoms with van der Waals surface area (Å²) in [6.07, 6.45) is 7.14. The Hall–Kier alpha value is -0.910. The summed E-state index contributed by atoms with van der Waals surface area (Å²) in [5.74, 6) is 0. The minimum atomic E-state index is 0.228. The lowest BCUT2D eigenvalue weighted by Gasteiger charge is -2.48. The molecular weight excluding hydrogens is 264 g/mol. The van der Waals surface area contributed by atoms with Crippen LogP contribution < -0.4 is 5.32 Å². The largest absolute Gasteiger partial charge is 0.379 e. The molecule has 1 aliphatic carbocycles. The maximum Gasteiger partial charge on any atom is 0.0676 e. The second kappa shape index (κ2) is 6.46. The summed E-state index contributed by atoms with van der Waals surface area (Å²) in [6.45, 7) is 6.94. The second-order valence-electron chi connectivity index (χ2n) is 6.20. The molecule has 3 rings (SSSR count). The Kier molecular flexibility index (Phi) is 4.62. The number of hydrogen-bond donors (Lipinski definition) is 1. The average molecular weight is 292 g/mol. The number of hydrogen-bond acceptors (Lipinski definition) is 4. The van der Waals surface area contributed by atoms with E-state index in [1.807, 2.05) is 6.20 Å². The molecule has 0 spiro atoms. The zero-order chi connectivity index (χ0) is 14.7. The van der Waals surface area contributed by atoms with Gasteiger partial charge in [-0.15, -0.1) is 0 Å². The van der Waals surface area contributed by atoms with Gasteiger partial charge in [-0.3, -0.25) is 9.58 Å². The van der Waals surface area contributed by atoms with Gasteiger partial charge in [0.1, 0.15) is 0 Å². The molecule has 2 heterocycles. The molecule has 1 aromatic rings. The van der Waals surface area contributed by atoms with E-state index >= 15 is 0 Å². The van der Waals surface area contributed by atoms with Gasteiger partial charge in [-0.1, -0.05) is 12.8 Å². The van der Waals surface area contributed by atoms with Crippen LogP contribution >= 0.6 is 0 Å². The molecule has 118 valence electrons. The van der Waals surface area contributed by atoms with Gasteiger partial charge in [-0.2, -0.15) is 5.10 Å². The van der Waals surface area contributed by atoms with E-state index in [9.17, 15) is 0 Å². The fourth-order valence-corrected chi connectivity index (χ4v) is 4.33. The Bertz CT molecular complexity index is 447. The average Bonchev–Trinajstić information content (AvgIpc) is 3.19. The summed E-state index contributed by atoms with van der Waals surface area (Å²) in [7, 11) is 2.10. The Morgan fingerprint density at radius 2 is 2.05 bits per heavy atom. The Balaban J connectivity index is 1.94. The first kappa shape index (κ1) is 15.0. The van der Waals surface area contributed by atoms with Crippen molar-refractivity contribution >= 4 is 0 Å². The monoisotopic (exact) mass is 292 g/mol. The SMILES string of the molecule is CCn1nccc1C(NC)C1(N2CCOCC2)CCCC1. The number of rotatable bonds is 5. The maximum absolute atomic E-state index is 5.57. The van der Waals surface area contributed by atoms with Crippen LogP contribution in [0.15, 0.2) is 12.3 Å². The molecule has 2 fully saturated rings. The standard InChI is InChI=1S/C16H28N4O/c1-3-20-14(6-9-18-20)15(17-2)16(7-4-5-8-16)19-10-12-21-13-11-19/h6,9,15,17H,3-5,7-8,10-13H2,1-2H3. The highest BCUT2D eigenvalue weighted by Crippen LogP contribution is 2.44. The number of aromatic nitrogens is 2. The van der Waals surface area contributed by atoms with Gasteiger partial charge in [0.05, 0.1) is 24.9 Å². The Labute approximate surface area is 127 Å². The molecule has 1 aliphatic heterocycles. The van der Waals surface area contributed by atoms with E-state index in [1.54, 1.807) is 0 Å². The normalized spacial score (nSPS) is 24.3. The predicted molar refractivity (Wildman–Crippen MR) is 83.3 cm³/mol.